The molecule has 30 heavy (non-hydrogen) atoms. The van der Waals surface area contributed by atoms with Gasteiger partial charge in [-0.25, -0.2) is 0 Å². The van der Waals surface area contributed by atoms with Gasteiger partial charge >= 0.3 is 18.7 Å². The van der Waals surface area contributed by atoms with Crippen LogP contribution in [0, 0.1) is 0 Å². The molecule has 9 heteroatoms. The number of aromatic amines is 2. The molecule has 0 amide bonds. The molecule has 0 aliphatic heterocycles. The summed E-state index contributed by atoms with van der Waals surface area (Å²) in [6.45, 7) is 1.82. The van der Waals surface area contributed by atoms with Crippen molar-refractivity contribution in [3.8, 4) is 0 Å². The Morgan fingerprint density at radius 1 is 0.867 bits per heavy atom. The van der Waals surface area contributed by atoms with Gasteiger partial charge in [0.25, 0.3) is 0 Å². The summed E-state index contributed by atoms with van der Waals surface area (Å²) in [4.78, 5) is 48.6. The summed E-state index contributed by atoms with van der Waals surface area (Å²) in [6.07, 6.45) is 0. The van der Waals surface area contributed by atoms with E-state index in [2.05, 4.69) is 15.3 Å². The molecule has 0 radical (unpaired) electrons. The van der Waals surface area contributed by atoms with Crippen LogP contribution in [0.1, 0.15) is 29.9 Å². The summed E-state index contributed by atoms with van der Waals surface area (Å²) in [5, 5.41) is 5.02. The summed E-state index contributed by atoms with van der Waals surface area (Å²) in [7, 11) is -4.69. The van der Waals surface area contributed by atoms with E-state index in [1.165, 1.54) is 6.07 Å². The average molecular weight is 425 g/mol. The Hall–Kier alpha value is -3.03. The van der Waals surface area contributed by atoms with Gasteiger partial charge < -0.3 is 19.8 Å². The molecule has 1 aromatic heterocycles. The lowest BCUT2D eigenvalue weighted by molar-refractivity contribution is 0.341. The molecule has 0 fully saturated rings. The topological polar surface area (TPSA) is 135 Å². The van der Waals surface area contributed by atoms with E-state index in [0.717, 1.165) is 16.3 Å². The van der Waals surface area contributed by atoms with Crippen LogP contribution in [0.15, 0.2) is 70.3 Å². The molecule has 1 unspecified atom stereocenters. The summed E-state index contributed by atoms with van der Waals surface area (Å²) in [5.74, 6) is -1.39. The van der Waals surface area contributed by atoms with Crippen LogP contribution >= 0.6 is 7.60 Å². The van der Waals surface area contributed by atoms with Crippen LogP contribution in [0.5, 0.6) is 0 Å². The van der Waals surface area contributed by atoms with Gasteiger partial charge in [-0.3, -0.25) is 19.5 Å². The van der Waals surface area contributed by atoms with Gasteiger partial charge in [0, 0.05) is 11.6 Å². The van der Waals surface area contributed by atoms with Crippen LogP contribution in [0.2, 0.25) is 0 Å². The molecule has 1 heterocycles. The second-order valence-electron chi connectivity index (χ2n) is 7.13. The minimum Gasteiger partial charge on any atom is -0.323 e. The SMILES string of the molecule is C[C@H](NC(c1cccc2[nH]c(=O)c(=O)[nH]c12)P(=O)(O)O)c1cccc2ccccc12. The average Bonchev–Trinajstić information content (AvgIpc) is 2.71. The number of para-hydroxylation sites is 1. The van der Waals surface area contributed by atoms with Gasteiger partial charge in [0.1, 0.15) is 5.78 Å². The summed E-state index contributed by atoms with van der Waals surface area (Å²) >= 11 is 0. The largest absolute Gasteiger partial charge is 0.346 e. The van der Waals surface area contributed by atoms with Crippen molar-refractivity contribution in [2.24, 2.45) is 0 Å². The zero-order valence-corrected chi connectivity index (χ0v) is 16.9. The predicted octanol–water partition coefficient (Wildman–Crippen LogP) is 2.90. The molecule has 2 atom stereocenters. The van der Waals surface area contributed by atoms with E-state index in [1.807, 2.05) is 49.4 Å². The smallest absolute Gasteiger partial charge is 0.323 e. The van der Waals surface area contributed by atoms with Gasteiger partial charge in [0.15, 0.2) is 0 Å². The highest BCUT2D eigenvalue weighted by molar-refractivity contribution is 7.52. The third-order valence-electron chi connectivity index (χ3n) is 5.12. The fraction of sp³-hybridized carbons (Fsp3) is 0.143. The molecule has 0 aliphatic carbocycles. The molecule has 0 spiro atoms. The molecule has 0 saturated heterocycles. The van der Waals surface area contributed by atoms with Gasteiger partial charge in [-0.1, -0.05) is 54.6 Å². The molecule has 0 bridgehead atoms. The number of nitrogens with one attached hydrogen (secondary N) is 3. The second-order valence-corrected chi connectivity index (χ2v) is 8.82. The lowest BCUT2D eigenvalue weighted by Gasteiger charge is -2.26. The van der Waals surface area contributed by atoms with E-state index >= 15 is 0 Å². The van der Waals surface area contributed by atoms with Crippen LogP contribution in [-0.4, -0.2) is 19.8 Å². The highest BCUT2D eigenvalue weighted by Crippen LogP contribution is 2.52. The third-order valence-corrected chi connectivity index (χ3v) is 6.22. The van der Waals surface area contributed by atoms with Crippen molar-refractivity contribution >= 4 is 29.4 Å². The van der Waals surface area contributed by atoms with Crippen LogP contribution in [-0.2, 0) is 4.57 Å². The number of aromatic nitrogens is 2. The van der Waals surface area contributed by atoms with Crippen molar-refractivity contribution in [1.82, 2.24) is 15.3 Å². The lowest BCUT2D eigenvalue weighted by atomic mass is 9.99. The van der Waals surface area contributed by atoms with Crippen molar-refractivity contribution in [3.63, 3.8) is 0 Å². The Morgan fingerprint density at radius 3 is 2.27 bits per heavy atom. The Morgan fingerprint density at radius 2 is 1.50 bits per heavy atom. The fourth-order valence-corrected chi connectivity index (χ4v) is 4.71. The van der Waals surface area contributed by atoms with E-state index in [0.29, 0.717) is 0 Å². The van der Waals surface area contributed by atoms with Gasteiger partial charge in [-0.15, -0.1) is 0 Å². The van der Waals surface area contributed by atoms with Gasteiger partial charge in [0.05, 0.1) is 11.0 Å². The standard InChI is InChI=1S/C21H20N3O5P/c1-12(14-9-4-7-13-6-2-3-8-15(13)14)22-21(30(27,28)29)16-10-5-11-17-18(16)24-20(26)19(25)23-17/h2-12,21-22H,1H3,(H,23,25)(H,24,26)(H2,27,28,29)/t12-,21?/m0/s1. The van der Waals surface area contributed by atoms with E-state index < -0.39 is 30.5 Å². The van der Waals surface area contributed by atoms with Crippen LogP contribution in [0.4, 0.5) is 0 Å². The second kappa shape index (κ2) is 7.66. The van der Waals surface area contributed by atoms with Gasteiger partial charge in [0.2, 0.25) is 0 Å². The van der Waals surface area contributed by atoms with Crippen molar-refractivity contribution in [3.05, 3.63) is 92.5 Å². The van der Waals surface area contributed by atoms with Crippen LogP contribution in [0.3, 0.4) is 0 Å². The maximum Gasteiger partial charge on any atom is 0.346 e. The molecular formula is C21H20N3O5P. The molecule has 8 nitrogen and oxygen atoms in total. The Kier molecular flexibility index (Phi) is 5.17. The number of hydrogen-bond donors (Lipinski definition) is 5. The number of H-pyrrole nitrogens is 2. The number of benzene rings is 3. The van der Waals surface area contributed by atoms with E-state index in [4.69, 9.17) is 0 Å². The maximum absolute atomic E-state index is 12.4. The summed E-state index contributed by atoms with van der Waals surface area (Å²) in [5.41, 5.74) is -0.177. The van der Waals surface area contributed by atoms with Crippen LogP contribution in [0.25, 0.3) is 21.8 Å². The summed E-state index contributed by atoms with van der Waals surface area (Å²) < 4.78 is 12.4. The zero-order chi connectivity index (χ0) is 21.5. The fourth-order valence-electron chi connectivity index (χ4n) is 3.71. The first-order valence-corrected chi connectivity index (χ1v) is 11.0. The van der Waals surface area contributed by atoms with Gasteiger partial charge in [-0.2, -0.15) is 0 Å². The first kappa shape index (κ1) is 20.3. The van der Waals surface area contributed by atoms with Crippen molar-refractivity contribution in [1.29, 1.82) is 0 Å². The zero-order valence-electron chi connectivity index (χ0n) is 16.0. The highest BCUT2D eigenvalue weighted by atomic mass is 31.2. The highest BCUT2D eigenvalue weighted by Gasteiger charge is 2.33. The van der Waals surface area contributed by atoms with Gasteiger partial charge in [-0.05, 0) is 29.3 Å². The normalized spacial score (nSPS) is 14.1. The molecule has 4 aromatic rings. The quantitative estimate of drug-likeness (QED) is 0.246. The first-order chi connectivity index (χ1) is 14.3. The third kappa shape index (κ3) is 3.74. The monoisotopic (exact) mass is 425 g/mol. The van der Waals surface area contributed by atoms with Crippen molar-refractivity contribution in [2.75, 3.05) is 0 Å². The summed E-state index contributed by atoms with van der Waals surface area (Å²) in [6, 6.07) is 17.7. The molecule has 3 aromatic carbocycles. The van der Waals surface area contributed by atoms with E-state index in [9.17, 15) is 23.9 Å². The Labute approximate surface area is 170 Å². The Bertz CT molecular complexity index is 1400. The minimum atomic E-state index is -4.69. The molecule has 0 saturated carbocycles. The number of hydrogen-bond acceptors (Lipinski definition) is 4. The molecule has 0 aliphatic rings. The van der Waals surface area contributed by atoms with E-state index in [-0.39, 0.29) is 16.6 Å². The van der Waals surface area contributed by atoms with Crippen molar-refractivity contribution < 1.29 is 14.4 Å². The predicted molar refractivity (Wildman–Crippen MR) is 115 cm³/mol. The number of fused-ring (bicyclic) bond motifs is 2. The Balaban J connectivity index is 1.83. The molecule has 5 N–H and O–H groups in total. The maximum atomic E-state index is 12.4. The first-order valence-electron chi connectivity index (χ1n) is 9.30. The van der Waals surface area contributed by atoms with Crippen LogP contribution < -0.4 is 16.4 Å². The minimum absolute atomic E-state index is 0.174. The van der Waals surface area contributed by atoms with E-state index in [1.54, 1.807) is 12.1 Å². The number of rotatable bonds is 5. The lowest BCUT2D eigenvalue weighted by Crippen LogP contribution is -2.30. The molecule has 4 rings (SSSR count). The molecule has 154 valence electrons. The van der Waals surface area contributed by atoms with Crippen molar-refractivity contribution in [2.45, 2.75) is 18.7 Å². The molecular weight excluding hydrogens is 405 g/mol.